The molecule has 0 saturated heterocycles. The Morgan fingerprint density at radius 3 is 1.04 bits per heavy atom. The van der Waals surface area contributed by atoms with E-state index < -0.39 is 0 Å². The minimum Gasteiger partial charge on any atom is -0.0625 e. The lowest BCUT2D eigenvalue weighted by Crippen LogP contribution is -2.29. The van der Waals surface area contributed by atoms with Crippen LogP contribution < -0.4 is 0 Å². The van der Waals surface area contributed by atoms with Gasteiger partial charge in [-0.3, -0.25) is 0 Å². The first-order valence-electron chi connectivity index (χ1n) is 17.8. The minimum absolute atomic E-state index is 0.653. The molecule has 3 aliphatic rings. The van der Waals surface area contributed by atoms with Crippen molar-refractivity contribution in [2.45, 2.75) is 142 Å². The van der Waals surface area contributed by atoms with E-state index >= 15 is 0 Å². The highest BCUT2D eigenvalue weighted by molar-refractivity contribution is 5.23. The van der Waals surface area contributed by atoms with Gasteiger partial charge in [-0.15, -0.1) is 0 Å². The van der Waals surface area contributed by atoms with Crippen molar-refractivity contribution in [2.24, 2.45) is 34.0 Å². The quantitative estimate of drug-likeness (QED) is 0.237. The minimum atomic E-state index is 0.653. The number of aryl methyl sites for hydroxylation is 6. The topological polar surface area (TPSA) is 0 Å². The van der Waals surface area contributed by atoms with Crippen LogP contribution >= 0.6 is 0 Å². The lowest BCUT2D eigenvalue weighted by atomic mass is 9.65. The molecular weight excluding hydrogens is 540 g/mol. The molecule has 0 aromatic heterocycles. The monoisotopic (exact) mass is 613 g/mol. The van der Waals surface area contributed by atoms with Crippen LogP contribution in [-0.2, 0) is 0 Å². The van der Waals surface area contributed by atoms with Crippen LogP contribution in [0.1, 0.15) is 134 Å². The number of hydrogen-bond acceptors (Lipinski definition) is 0. The van der Waals surface area contributed by atoms with E-state index in [1.54, 1.807) is 0 Å². The van der Waals surface area contributed by atoms with Gasteiger partial charge in [-0.2, -0.15) is 0 Å². The summed E-state index contributed by atoms with van der Waals surface area (Å²) in [5.74, 6) is 2.97. The van der Waals surface area contributed by atoms with Crippen molar-refractivity contribution in [3.63, 3.8) is 0 Å². The molecule has 0 aliphatic heterocycles. The van der Waals surface area contributed by atoms with Crippen LogP contribution in [0, 0.1) is 75.5 Å². The molecule has 3 saturated carbocycles. The summed E-state index contributed by atoms with van der Waals surface area (Å²) in [4.78, 5) is 0. The molecule has 3 fully saturated rings. The maximum atomic E-state index is 2.38. The van der Waals surface area contributed by atoms with E-state index in [1.807, 2.05) is 0 Å². The van der Waals surface area contributed by atoms with Crippen molar-refractivity contribution < 1.29 is 0 Å². The lowest BCUT2D eigenvalue weighted by Gasteiger charge is -2.40. The number of rotatable bonds is 0. The van der Waals surface area contributed by atoms with Gasteiger partial charge in [-0.05, 0) is 112 Å². The Bertz CT molecular complexity index is 1160. The molecule has 3 aromatic carbocycles. The van der Waals surface area contributed by atoms with Crippen molar-refractivity contribution in [1.29, 1.82) is 0 Å². The summed E-state index contributed by atoms with van der Waals surface area (Å²) >= 11 is 0. The first-order chi connectivity index (χ1) is 20.7. The Morgan fingerprint density at radius 1 is 0.489 bits per heavy atom. The van der Waals surface area contributed by atoms with Crippen molar-refractivity contribution in [2.75, 3.05) is 0 Å². The predicted octanol–water partition coefficient (Wildman–Crippen LogP) is 14.2. The highest BCUT2D eigenvalue weighted by Crippen LogP contribution is 2.50. The third-order valence-corrected chi connectivity index (χ3v) is 10.4. The van der Waals surface area contributed by atoms with Gasteiger partial charge in [-0.25, -0.2) is 0 Å². The summed E-state index contributed by atoms with van der Waals surface area (Å²) < 4.78 is 0. The molecule has 0 radical (unpaired) electrons. The third kappa shape index (κ3) is 17.8. The van der Waals surface area contributed by atoms with Crippen LogP contribution in [0.2, 0.25) is 0 Å². The van der Waals surface area contributed by atoms with Crippen LogP contribution in [0.25, 0.3) is 0 Å². The van der Waals surface area contributed by atoms with Crippen LogP contribution in [0.15, 0.2) is 72.8 Å². The summed E-state index contributed by atoms with van der Waals surface area (Å²) in [5, 5.41) is 0. The second-order valence-electron chi connectivity index (χ2n) is 17.0. The SMILES string of the molecule is CC1CC(C)(C)C1.CC1CC1(C)C.CC1CCCC1(C)C.Cc1ccc(C)cc1.Cc1cccc(C)c1.Cc1ccccc1C. The van der Waals surface area contributed by atoms with Gasteiger partial charge in [0.1, 0.15) is 0 Å². The van der Waals surface area contributed by atoms with Gasteiger partial charge in [0.15, 0.2) is 0 Å². The summed E-state index contributed by atoms with van der Waals surface area (Å²) in [5.41, 5.74) is 10.1. The Kier molecular flexibility index (Phi) is 16.9. The Morgan fingerprint density at radius 2 is 0.889 bits per heavy atom. The zero-order valence-corrected chi connectivity index (χ0v) is 32.4. The fourth-order valence-electron chi connectivity index (χ4n) is 6.16. The fraction of sp³-hybridized carbons (Fsp3) is 0.600. The second-order valence-corrected chi connectivity index (χ2v) is 17.0. The maximum Gasteiger partial charge on any atom is -0.0326 e. The molecule has 2 unspecified atom stereocenters. The smallest absolute Gasteiger partial charge is 0.0326 e. The summed E-state index contributed by atoms with van der Waals surface area (Å²) in [6.07, 6.45) is 8.66. The third-order valence-electron chi connectivity index (χ3n) is 10.4. The van der Waals surface area contributed by atoms with Crippen molar-refractivity contribution in [1.82, 2.24) is 0 Å². The van der Waals surface area contributed by atoms with E-state index in [0.29, 0.717) is 16.2 Å². The Hall–Kier alpha value is -2.34. The van der Waals surface area contributed by atoms with Gasteiger partial charge >= 0.3 is 0 Å². The number of benzene rings is 3. The zero-order valence-electron chi connectivity index (χ0n) is 32.4. The summed E-state index contributed by atoms with van der Waals surface area (Å²) in [6, 6.07) is 25.3. The average Bonchev–Trinajstić information content (AvgIpc) is 3.35. The Balaban J connectivity index is 0.000000271. The van der Waals surface area contributed by atoms with E-state index in [4.69, 9.17) is 0 Å². The molecule has 0 bridgehead atoms. The number of hydrogen-bond donors (Lipinski definition) is 0. The largest absolute Gasteiger partial charge is 0.0625 e. The molecule has 3 aromatic rings. The van der Waals surface area contributed by atoms with E-state index in [1.165, 1.54) is 71.9 Å². The van der Waals surface area contributed by atoms with E-state index in [9.17, 15) is 0 Å². The first-order valence-corrected chi connectivity index (χ1v) is 17.8. The molecule has 2 atom stereocenters. The molecule has 0 heterocycles. The summed E-state index contributed by atoms with van der Waals surface area (Å²) in [7, 11) is 0. The van der Waals surface area contributed by atoms with Crippen molar-refractivity contribution in [3.8, 4) is 0 Å². The van der Waals surface area contributed by atoms with Gasteiger partial charge in [0.25, 0.3) is 0 Å². The van der Waals surface area contributed by atoms with Crippen LogP contribution in [-0.4, -0.2) is 0 Å². The molecular formula is C45H72. The van der Waals surface area contributed by atoms with Crippen molar-refractivity contribution >= 4 is 0 Å². The fourth-order valence-corrected chi connectivity index (χ4v) is 6.16. The van der Waals surface area contributed by atoms with E-state index in [-0.39, 0.29) is 0 Å². The van der Waals surface area contributed by atoms with Gasteiger partial charge < -0.3 is 0 Å². The highest BCUT2D eigenvalue weighted by Gasteiger charge is 2.41. The molecule has 0 spiro atoms. The highest BCUT2D eigenvalue weighted by atomic mass is 14.5. The maximum absolute atomic E-state index is 2.38. The molecule has 0 nitrogen and oxygen atoms in total. The van der Waals surface area contributed by atoms with E-state index in [0.717, 1.165) is 17.8 Å². The van der Waals surface area contributed by atoms with Gasteiger partial charge in [-0.1, -0.05) is 170 Å². The van der Waals surface area contributed by atoms with Crippen LogP contribution in [0.5, 0.6) is 0 Å². The molecule has 45 heavy (non-hydrogen) atoms. The molecule has 252 valence electrons. The van der Waals surface area contributed by atoms with Gasteiger partial charge in [0.2, 0.25) is 0 Å². The average molecular weight is 613 g/mol. The first kappa shape index (κ1) is 40.7. The zero-order chi connectivity index (χ0) is 34.4. The van der Waals surface area contributed by atoms with Crippen LogP contribution in [0.4, 0.5) is 0 Å². The molecule has 0 heteroatoms. The standard InChI is InChI=1S/C8H16.3C8H10.C7H14.C6H12/c1-7-5-4-6-8(7,2)3;1-7-3-5-8(2)6-4-7;1-7-4-3-5-8(2)6-7;1-7-5-3-4-6-8(7)2;1-6-4-7(2,3)5-6;1-5-4-6(5,2)3/h7H,4-6H2,1-3H3;3*3-6H,1-2H3;6H,4-5H2,1-3H3;5H,4H2,1-3H3. The van der Waals surface area contributed by atoms with Crippen LogP contribution in [0.3, 0.4) is 0 Å². The molecule has 6 rings (SSSR count). The van der Waals surface area contributed by atoms with Gasteiger partial charge in [0, 0.05) is 0 Å². The lowest BCUT2D eigenvalue weighted by molar-refractivity contribution is 0.111. The van der Waals surface area contributed by atoms with Gasteiger partial charge in [0.05, 0.1) is 0 Å². The molecule has 0 N–H and O–H groups in total. The Labute approximate surface area is 281 Å². The molecule has 0 amide bonds. The predicted molar refractivity (Wildman–Crippen MR) is 204 cm³/mol. The second kappa shape index (κ2) is 18.7. The normalized spacial score (nSPS) is 21.1. The summed E-state index contributed by atoms with van der Waals surface area (Å²) in [6.45, 7) is 33.7. The molecule has 3 aliphatic carbocycles. The van der Waals surface area contributed by atoms with Crippen molar-refractivity contribution in [3.05, 3.63) is 106 Å². The van der Waals surface area contributed by atoms with E-state index in [2.05, 4.69) is 177 Å².